The van der Waals surface area contributed by atoms with Gasteiger partial charge in [-0.25, -0.2) is 0 Å². The number of hydrogen-bond donors (Lipinski definition) is 26. The van der Waals surface area contributed by atoms with Gasteiger partial charge in [-0.05, 0) is 153 Å². The first kappa shape index (κ1) is 114. The maximum atomic E-state index is 14.6. The number of aliphatic hydroxyl groups excluding tert-OH is 2. The van der Waals surface area contributed by atoms with E-state index >= 15 is 0 Å². The summed E-state index contributed by atoms with van der Waals surface area (Å²) in [5.41, 5.74) is 39.3. The molecule has 17 amide bonds. The summed E-state index contributed by atoms with van der Waals surface area (Å²) >= 11 is 1.31. The Morgan fingerprint density at radius 1 is 0.441 bits per heavy atom. The summed E-state index contributed by atoms with van der Waals surface area (Å²) in [5, 5.41) is 84.5. The number of nitrogens with one attached hydrogen (secondary N) is 14. The highest BCUT2D eigenvalue weighted by atomic mass is 32.2. The van der Waals surface area contributed by atoms with E-state index in [1.54, 1.807) is 47.8 Å². The Morgan fingerprint density at radius 3 is 1.25 bits per heavy atom. The summed E-state index contributed by atoms with van der Waals surface area (Å²) in [6.07, 6.45) is -3.66. The van der Waals surface area contributed by atoms with Crippen LogP contribution in [0.1, 0.15) is 191 Å². The van der Waals surface area contributed by atoms with E-state index in [1.807, 2.05) is 0 Å². The number of likely N-dealkylation sites (tertiary alicyclic amines) is 1. The number of guanidine groups is 1. The van der Waals surface area contributed by atoms with Gasteiger partial charge < -0.3 is 145 Å². The second-order valence-corrected chi connectivity index (χ2v) is 33.4. The van der Waals surface area contributed by atoms with Crippen molar-refractivity contribution in [2.75, 3.05) is 44.8 Å². The van der Waals surface area contributed by atoms with Gasteiger partial charge in [0.05, 0.1) is 38.0 Å². The zero-order valence-corrected chi connectivity index (χ0v) is 74.9. The molecule has 0 aromatic heterocycles. The van der Waals surface area contributed by atoms with Crippen LogP contribution in [0.25, 0.3) is 0 Å². The van der Waals surface area contributed by atoms with Crippen LogP contribution in [0.2, 0.25) is 0 Å². The van der Waals surface area contributed by atoms with Gasteiger partial charge in [0.15, 0.2) is 5.96 Å². The molecule has 0 unspecified atom stereocenters. The van der Waals surface area contributed by atoms with Crippen LogP contribution in [0, 0.1) is 23.7 Å². The summed E-state index contributed by atoms with van der Waals surface area (Å²) in [4.78, 5) is 278. The fourth-order valence-electron chi connectivity index (χ4n) is 13.0. The number of primary amides is 2. The summed E-state index contributed by atoms with van der Waals surface area (Å²) in [6, 6.07) is -25.8. The highest BCUT2D eigenvalue weighted by molar-refractivity contribution is 7.98. The third-order valence-electron chi connectivity index (χ3n) is 20.2. The van der Waals surface area contributed by atoms with Crippen molar-refractivity contribution in [3.8, 4) is 0 Å². The Hall–Kier alpha value is -11.2. The van der Waals surface area contributed by atoms with E-state index in [0.29, 0.717) is 18.6 Å². The lowest BCUT2D eigenvalue weighted by Gasteiger charge is -2.30. The quantitative estimate of drug-likeness (QED) is 0.0153. The number of aliphatic hydroxyl groups is 2. The maximum Gasteiger partial charge on any atom is 0.325 e. The molecule has 0 spiro atoms. The van der Waals surface area contributed by atoms with E-state index in [1.165, 1.54) is 32.5 Å². The van der Waals surface area contributed by atoms with Crippen molar-refractivity contribution >= 4 is 136 Å². The van der Waals surface area contributed by atoms with Crippen LogP contribution in [-0.2, 0) is 95.9 Å². The van der Waals surface area contributed by atoms with Crippen molar-refractivity contribution in [3.05, 3.63) is 0 Å². The molecule has 0 bridgehead atoms. The Bertz CT molecular complexity index is 3760. The molecule has 1 fully saturated rings. The van der Waals surface area contributed by atoms with Gasteiger partial charge in [-0.1, -0.05) is 61.8 Å². The molecule has 0 aromatic carbocycles. The molecule has 720 valence electrons. The minimum atomic E-state index is -2.06. The lowest BCUT2D eigenvalue weighted by Crippen LogP contribution is -2.62. The highest BCUT2D eigenvalue weighted by Gasteiger charge is 2.43. The summed E-state index contributed by atoms with van der Waals surface area (Å²) < 4.78 is 0. The molecule has 0 aliphatic carbocycles. The number of carboxylic acid groups (broad SMARTS) is 3. The SMILES string of the molecule is CC[C@H](C)[C@H](NC(=O)[C@H](CC(C)C)NC(=O)[C@H](CCCN=C(N)N)NC(=O)[C@H](CCC(=O)O)NC(=O)[C@H](CC(N)=O)NC(=O)[C@@H](NC(=O)[C@H](CC(C)C)NC(=O)[C@H](CCCCN)NC(=O)[C@H](CC(=O)O)NC(=O)[C@@H](NC(=O)[C@H](CCCCN)NC(=O)[C@@H]1CCCN1C(=O)[C@@H](N)CC(N)=O)[C@@H](C)O)C(C)C)C(=O)N[C@@H](CO)C(=O)N[C@@H](CCSC)C(=O)N[C@@H](C)C(=O)O. The average molecular weight is 1830 g/mol. The highest BCUT2D eigenvalue weighted by Crippen LogP contribution is 2.21. The number of aliphatic imine (C=N–C) groups is 1. The van der Waals surface area contributed by atoms with Gasteiger partial charge in [-0.2, -0.15) is 11.8 Å². The third kappa shape index (κ3) is 42.8. The van der Waals surface area contributed by atoms with E-state index in [4.69, 9.17) is 40.1 Å². The van der Waals surface area contributed by atoms with E-state index in [0.717, 1.165) is 11.8 Å². The van der Waals surface area contributed by atoms with E-state index in [9.17, 15) is 121 Å². The van der Waals surface area contributed by atoms with Crippen molar-refractivity contribution in [3.63, 3.8) is 0 Å². The average Bonchev–Trinajstić information content (AvgIpc) is 1.34. The zero-order chi connectivity index (χ0) is 96.8. The van der Waals surface area contributed by atoms with Gasteiger partial charge in [0.1, 0.15) is 90.6 Å². The Labute approximate surface area is 741 Å². The predicted molar refractivity (Wildman–Crippen MR) is 460 cm³/mol. The van der Waals surface area contributed by atoms with Crippen molar-refractivity contribution in [2.45, 2.75) is 294 Å². The molecule has 18 atom stereocenters. The Kier molecular flexibility index (Phi) is 52.9. The Morgan fingerprint density at radius 2 is 0.827 bits per heavy atom. The van der Waals surface area contributed by atoms with Gasteiger partial charge in [-0.15, -0.1) is 0 Å². The molecule has 1 aliphatic heterocycles. The fraction of sp³-hybridized carbons (Fsp3) is 0.731. The normalized spacial score (nSPS) is 16.5. The maximum absolute atomic E-state index is 14.6. The lowest BCUT2D eigenvalue weighted by atomic mass is 9.96. The molecule has 1 aliphatic rings. The van der Waals surface area contributed by atoms with E-state index in [-0.39, 0.29) is 115 Å². The van der Waals surface area contributed by atoms with Crippen LogP contribution in [0.4, 0.5) is 0 Å². The van der Waals surface area contributed by atoms with Crippen LogP contribution in [0.3, 0.4) is 0 Å². The molecule has 1 saturated heterocycles. The molecule has 48 nitrogen and oxygen atoms in total. The minimum Gasteiger partial charge on any atom is -0.481 e. The molecule has 49 heteroatoms. The first-order valence-corrected chi connectivity index (χ1v) is 43.7. The minimum absolute atomic E-state index is 0.0138. The molecule has 1 rings (SSSR count). The number of hydrogen-bond acceptors (Lipinski definition) is 27. The second kappa shape index (κ2) is 59.0. The number of rotatable bonds is 63. The monoisotopic (exact) mass is 1830 g/mol. The number of aliphatic carboxylic acids is 3. The predicted octanol–water partition coefficient (Wildman–Crippen LogP) is -8.48. The molecule has 0 aromatic rings. The number of nitrogens with zero attached hydrogens (tertiary/aromatic N) is 2. The van der Waals surface area contributed by atoms with Crippen LogP contribution in [-0.4, -0.2) is 302 Å². The molecular formula is C78H137N23O25S. The van der Waals surface area contributed by atoms with Crippen LogP contribution in [0.15, 0.2) is 4.99 Å². The molecule has 0 saturated carbocycles. The molecule has 1 heterocycles. The smallest absolute Gasteiger partial charge is 0.325 e. The first-order chi connectivity index (χ1) is 59.5. The zero-order valence-electron chi connectivity index (χ0n) is 74.0. The molecular weight excluding hydrogens is 1690 g/mol. The van der Waals surface area contributed by atoms with Gasteiger partial charge in [-0.3, -0.25) is 101 Å². The molecule has 0 radical (unpaired) electrons. The fourth-order valence-corrected chi connectivity index (χ4v) is 13.5. The van der Waals surface area contributed by atoms with E-state index < -0.39 is 278 Å². The number of carbonyl (C=O) groups is 20. The van der Waals surface area contributed by atoms with Gasteiger partial charge in [0, 0.05) is 19.5 Å². The van der Waals surface area contributed by atoms with Crippen molar-refractivity contribution in [1.82, 2.24) is 79.3 Å². The van der Waals surface area contributed by atoms with Crippen molar-refractivity contribution in [1.29, 1.82) is 0 Å². The van der Waals surface area contributed by atoms with Crippen LogP contribution >= 0.6 is 11.8 Å². The van der Waals surface area contributed by atoms with Gasteiger partial charge in [0.2, 0.25) is 100 Å². The first-order valence-electron chi connectivity index (χ1n) is 42.3. The summed E-state index contributed by atoms with van der Waals surface area (Å²) in [6.45, 7) is 14.2. The number of carbonyl (C=O) groups excluding carboxylic acids is 17. The summed E-state index contributed by atoms with van der Waals surface area (Å²) in [5.74, 6) is -25.0. The molecule has 33 N–H and O–H groups in total. The van der Waals surface area contributed by atoms with Crippen molar-refractivity contribution in [2.24, 2.45) is 68.8 Å². The van der Waals surface area contributed by atoms with E-state index in [2.05, 4.69) is 79.4 Å². The van der Waals surface area contributed by atoms with Gasteiger partial charge >= 0.3 is 17.9 Å². The van der Waals surface area contributed by atoms with Crippen LogP contribution in [0.5, 0.6) is 0 Å². The van der Waals surface area contributed by atoms with Crippen LogP contribution < -0.4 is 115 Å². The Balaban J connectivity index is 3.74. The van der Waals surface area contributed by atoms with Gasteiger partial charge in [0.25, 0.3) is 0 Å². The number of unbranched alkanes of at least 4 members (excludes halogenated alkanes) is 2. The standard InChI is InChI=1S/C78H137N23O25S/c1-12-40(8)60(74(122)97-53(36-102)71(119)91-48(25-30-127-11)62(110)87-41(9)77(125)126)99-70(118)50(32-38(4)5)94-64(112)46(21-17-28-86-78(84)85)88-65(113)47(23-24-57(106)107)90-67(115)51(34-56(83)105)95-73(121)59(39(6)7)98-69(117)49(31-37(2)3)93-63(111)44(19-13-15-26-79)89-68(116)52(35-58(108)109)96-75(123)61(42(10)103)100-66(114)45(20-14-16-27-80)92-72(120)54-22-18-29-101(54)76(124)43(81)33-55(82)104/h37-54,59-61,102-103H,12-36,79-81H2,1-11H3,(H2,82,104)(H2,83,105)(H,87,110)(H,88,113)(H,89,116)(H,90,115)(H,91,119)(H,92,120)(H,93,111)(H,94,112)(H,95,121)(H,96,123)(H,97,122)(H,98,117)(H,99,118)(H,100,114)(H,106,107)(H,108,109)(H,125,126)(H4,84,85,86)/t40-,41-,42+,43-,44-,45-,46-,47-,48-,49-,50-,51-,52-,53-,54-,59-,60-,61-/m0/s1. The number of thioether (sulfide) groups is 1. The number of amides is 17. The lowest BCUT2D eigenvalue weighted by molar-refractivity contribution is -0.142. The van der Waals surface area contributed by atoms with Crippen molar-refractivity contribution < 1.29 is 121 Å². The molecule has 127 heavy (non-hydrogen) atoms. The number of carboxylic acids is 3. The second-order valence-electron chi connectivity index (χ2n) is 32.4. The summed E-state index contributed by atoms with van der Waals surface area (Å²) in [7, 11) is 0. The largest absolute Gasteiger partial charge is 0.481 e. The third-order valence-corrected chi connectivity index (χ3v) is 20.9. The topological polar surface area (TPSA) is 809 Å². The number of nitrogens with two attached hydrogens (primary N) is 7.